The number of rotatable bonds is 2. The van der Waals surface area contributed by atoms with Crippen LogP contribution < -0.4 is 4.74 Å². The van der Waals surface area contributed by atoms with Crippen molar-refractivity contribution in [3.8, 4) is 16.9 Å². The SMILES string of the molecule is COc1ccccc1-c1ccc(F)cc1. The monoisotopic (exact) mass is 202 g/mol. The molecule has 0 saturated heterocycles. The molecule has 0 spiro atoms. The van der Waals surface area contributed by atoms with Crippen LogP contribution in [0.2, 0.25) is 0 Å². The maximum atomic E-state index is 12.8. The third-order valence-electron chi connectivity index (χ3n) is 2.26. The van der Waals surface area contributed by atoms with Crippen LogP contribution in [0.4, 0.5) is 4.39 Å². The number of hydrogen-bond donors (Lipinski definition) is 0. The van der Waals surface area contributed by atoms with E-state index in [1.54, 1.807) is 19.2 Å². The van der Waals surface area contributed by atoms with Crippen molar-refractivity contribution in [1.29, 1.82) is 0 Å². The van der Waals surface area contributed by atoms with Crippen molar-refractivity contribution >= 4 is 0 Å². The molecule has 0 atom stereocenters. The first-order valence-electron chi connectivity index (χ1n) is 4.70. The summed E-state index contributed by atoms with van der Waals surface area (Å²) in [6.07, 6.45) is 0. The van der Waals surface area contributed by atoms with Gasteiger partial charge in [-0.2, -0.15) is 0 Å². The Morgan fingerprint density at radius 1 is 0.933 bits per heavy atom. The van der Waals surface area contributed by atoms with E-state index < -0.39 is 0 Å². The molecule has 0 radical (unpaired) electrons. The molecule has 0 aliphatic carbocycles. The van der Waals surface area contributed by atoms with Gasteiger partial charge in [-0.15, -0.1) is 0 Å². The van der Waals surface area contributed by atoms with Crippen molar-refractivity contribution in [3.05, 3.63) is 54.3 Å². The second kappa shape index (κ2) is 4.13. The third kappa shape index (κ3) is 1.99. The van der Waals surface area contributed by atoms with Crippen LogP contribution in [0.15, 0.2) is 48.5 Å². The highest BCUT2D eigenvalue weighted by atomic mass is 19.1. The number of ether oxygens (including phenoxy) is 1. The van der Waals surface area contributed by atoms with Gasteiger partial charge in [0.25, 0.3) is 0 Å². The molecule has 1 nitrogen and oxygen atoms in total. The number of halogens is 1. The lowest BCUT2D eigenvalue weighted by molar-refractivity contribution is 0.416. The van der Waals surface area contributed by atoms with Crippen LogP contribution in [0.3, 0.4) is 0 Å². The Labute approximate surface area is 88.1 Å². The predicted molar refractivity (Wildman–Crippen MR) is 58.4 cm³/mol. The van der Waals surface area contributed by atoms with Gasteiger partial charge < -0.3 is 4.74 Å². The van der Waals surface area contributed by atoms with Crippen LogP contribution in [-0.2, 0) is 0 Å². The highest BCUT2D eigenvalue weighted by Gasteiger charge is 2.03. The Kier molecular flexibility index (Phi) is 2.68. The minimum absolute atomic E-state index is 0.228. The van der Waals surface area contributed by atoms with Gasteiger partial charge in [-0.05, 0) is 23.8 Å². The fourth-order valence-corrected chi connectivity index (χ4v) is 1.51. The van der Waals surface area contributed by atoms with E-state index in [9.17, 15) is 4.39 Å². The topological polar surface area (TPSA) is 9.23 Å². The van der Waals surface area contributed by atoms with Gasteiger partial charge in [0.15, 0.2) is 0 Å². The van der Waals surface area contributed by atoms with Gasteiger partial charge in [0.2, 0.25) is 0 Å². The zero-order valence-electron chi connectivity index (χ0n) is 8.41. The summed E-state index contributed by atoms with van der Waals surface area (Å²) >= 11 is 0. The van der Waals surface area contributed by atoms with E-state index in [1.165, 1.54) is 12.1 Å². The summed E-state index contributed by atoms with van der Waals surface area (Å²) in [5, 5.41) is 0. The summed E-state index contributed by atoms with van der Waals surface area (Å²) in [5.74, 6) is 0.567. The maximum Gasteiger partial charge on any atom is 0.126 e. The molecular formula is C13H11FO. The molecule has 0 heterocycles. The molecule has 2 rings (SSSR count). The lowest BCUT2D eigenvalue weighted by atomic mass is 10.0. The molecule has 0 aliphatic heterocycles. The third-order valence-corrected chi connectivity index (χ3v) is 2.26. The first-order valence-corrected chi connectivity index (χ1v) is 4.70. The van der Waals surface area contributed by atoms with E-state index >= 15 is 0 Å². The molecule has 76 valence electrons. The molecule has 0 aliphatic rings. The van der Waals surface area contributed by atoms with Crippen molar-refractivity contribution in [2.24, 2.45) is 0 Å². The van der Waals surface area contributed by atoms with Gasteiger partial charge in [-0.1, -0.05) is 30.3 Å². The van der Waals surface area contributed by atoms with Gasteiger partial charge in [0, 0.05) is 5.56 Å². The lowest BCUT2D eigenvalue weighted by Gasteiger charge is -2.07. The normalized spacial score (nSPS) is 10.0. The Morgan fingerprint density at radius 2 is 1.60 bits per heavy atom. The van der Waals surface area contributed by atoms with Gasteiger partial charge in [0.1, 0.15) is 11.6 Å². The van der Waals surface area contributed by atoms with Crippen LogP contribution in [0.25, 0.3) is 11.1 Å². The molecule has 2 heteroatoms. The Hall–Kier alpha value is -1.83. The minimum atomic E-state index is -0.228. The summed E-state index contributed by atoms with van der Waals surface area (Å²) < 4.78 is 18.0. The molecule has 0 fully saturated rings. The van der Waals surface area contributed by atoms with Crippen LogP contribution in [-0.4, -0.2) is 7.11 Å². The molecular weight excluding hydrogens is 191 g/mol. The van der Waals surface area contributed by atoms with E-state index in [1.807, 2.05) is 24.3 Å². The maximum absolute atomic E-state index is 12.8. The number of benzene rings is 2. The van der Waals surface area contributed by atoms with Crippen molar-refractivity contribution in [2.75, 3.05) is 7.11 Å². The summed E-state index contributed by atoms with van der Waals surface area (Å²) in [7, 11) is 1.63. The lowest BCUT2D eigenvalue weighted by Crippen LogP contribution is -1.87. The van der Waals surface area contributed by atoms with Crippen LogP contribution in [0.1, 0.15) is 0 Å². The largest absolute Gasteiger partial charge is 0.496 e. The highest BCUT2D eigenvalue weighted by Crippen LogP contribution is 2.29. The number of methoxy groups -OCH3 is 1. The number of para-hydroxylation sites is 1. The fourth-order valence-electron chi connectivity index (χ4n) is 1.51. The second-order valence-corrected chi connectivity index (χ2v) is 3.21. The summed E-state index contributed by atoms with van der Waals surface area (Å²) in [6, 6.07) is 14.1. The summed E-state index contributed by atoms with van der Waals surface area (Å²) in [4.78, 5) is 0. The van der Waals surface area contributed by atoms with Gasteiger partial charge in [0.05, 0.1) is 7.11 Å². The van der Waals surface area contributed by atoms with E-state index in [-0.39, 0.29) is 5.82 Å². The average Bonchev–Trinajstić information content (AvgIpc) is 2.30. The molecule has 0 unspecified atom stereocenters. The first-order chi connectivity index (χ1) is 7.31. The smallest absolute Gasteiger partial charge is 0.126 e. The standard InChI is InChI=1S/C13H11FO/c1-15-13-5-3-2-4-12(13)10-6-8-11(14)9-7-10/h2-9H,1H3. The molecule has 2 aromatic rings. The molecule has 0 amide bonds. The van der Waals surface area contributed by atoms with Crippen molar-refractivity contribution in [2.45, 2.75) is 0 Å². The Balaban J connectivity index is 2.49. The molecule has 15 heavy (non-hydrogen) atoms. The average molecular weight is 202 g/mol. The highest BCUT2D eigenvalue weighted by molar-refractivity contribution is 5.70. The van der Waals surface area contributed by atoms with Gasteiger partial charge >= 0.3 is 0 Å². The van der Waals surface area contributed by atoms with E-state index in [0.29, 0.717) is 0 Å². The van der Waals surface area contributed by atoms with Gasteiger partial charge in [-0.3, -0.25) is 0 Å². The van der Waals surface area contributed by atoms with Crippen molar-refractivity contribution in [3.63, 3.8) is 0 Å². The fraction of sp³-hybridized carbons (Fsp3) is 0.0769. The van der Waals surface area contributed by atoms with Crippen LogP contribution >= 0.6 is 0 Å². The number of hydrogen-bond acceptors (Lipinski definition) is 1. The molecule has 0 saturated carbocycles. The van der Waals surface area contributed by atoms with E-state index in [4.69, 9.17) is 4.74 Å². The predicted octanol–water partition coefficient (Wildman–Crippen LogP) is 3.50. The first kappa shape index (κ1) is 9.71. The van der Waals surface area contributed by atoms with E-state index in [2.05, 4.69) is 0 Å². The Bertz CT molecular complexity index is 448. The zero-order chi connectivity index (χ0) is 10.7. The van der Waals surface area contributed by atoms with Gasteiger partial charge in [-0.25, -0.2) is 4.39 Å². The van der Waals surface area contributed by atoms with Crippen molar-refractivity contribution in [1.82, 2.24) is 0 Å². The summed E-state index contributed by atoms with van der Waals surface area (Å²) in [6.45, 7) is 0. The van der Waals surface area contributed by atoms with E-state index in [0.717, 1.165) is 16.9 Å². The van der Waals surface area contributed by atoms with Crippen LogP contribution in [0, 0.1) is 5.82 Å². The summed E-state index contributed by atoms with van der Waals surface area (Å²) in [5.41, 5.74) is 1.92. The zero-order valence-corrected chi connectivity index (χ0v) is 8.41. The molecule has 0 aromatic heterocycles. The minimum Gasteiger partial charge on any atom is -0.496 e. The molecule has 0 N–H and O–H groups in total. The quantitative estimate of drug-likeness (QED) is 0.724. The molecule has 0 bridgehead atoms. The Morgan fingerprint density at radius 3 is 2.27 bits per heavy atom. The second-order valence-electron chi connectivity index (χ2n) is 3.21. The van der Waals surface area contributed by atoms with Crippen molar-refractivity contribution < 1.29 is 9.13 Å². The van der Waals surface area contributed by atoms with Crippen LogP contribution in [0.5, 0.6) is 5.75 Å². The molecule has 2 aromatic carbocycles.